The smallest absolute Gasteiger partial charge is 0.0640 e. The molecule has 3 heteroatoms. The lowest BCUT2D eigenvalue weighted by Crippen LogP contribution is -2.16. The summed E-state index contributed by atoms with van der Waals surface area (Å²) in [5, 5.41) is 7.49. The number of benzene rings is 10. The van der Waals surface area contributed by atoms with E-state index in [9.17, 15) is 0 Å². The Bertz CT molecular complexity index is 3890. The number of fused-ring (bicyclic) bond motifs is 7. The number of hydrogen-bond donors (Lipinski definition) is 0. The molecular weight excluding hydrogens is 853 g/mol. The number of nitrogens with zero attached hydrogens (tertiary/aromatic N) is 2. The van der Waals surface area contributed by atoms with Crippen LogP contribution in [0.1, 0.15) is 52.7 Å². The van der Waals surface area contributed by atoms with Crippen molar-refractivity contribution in [2.45, 2.75) is 52.4 Å². The van der Waals surface area contributed by atoms with Crippen LogP contribution in [0.25, 0.3) is 91.8 Å². The van der Waals surface area contributed by atoms with Gasteiger partial charge in [0.2, 0.25) is 0 Å². The first-order chi connectivity index (χ1) is 33.5. The predicted molar refractivity (Wildman–Crippen MR) is 300 cm³/mol. The number of anilines is 3. The van der Waals surface area contributed by atoms with Crippen molar-refractivity contribution in [2.24, 2.45) is 0 Å². The standard InChI is InChI=1S/C66H54N2S/c1-65(2,3)45-40-44(41-46(42-45)66(4,5)6)48-30-18-22-43-23-19-31-52(62(43)48)49-26-10-14-34-56(49)68(60-38-21-33-54-51-28-13-17-39-61(51)69-64(54)60)57-35-15-11-27-50(57)53-32-20-37-59-63(53)55-29-12-16-36-58(55)67(59)47-24-8-7-9-25-47/h7-42H,1-6H3. The van der Waals surface area contributed by atoms with Crippen LogP contribution in [0, 0.1) is 0 Å². The van der Waals surface area contributed by atoms with Crippen LogP contribution in [0.4, 0.5) is 17.1 Å². The van der Waals surface area contributed by atoms with E-state index in [-0.39, 0.29) is 10.8 Å². The lowest BCUT2D eigenvalue weighted by atomic mass is 9.78. The van der Waals surface area contributed by atoms with Gasteiger partial charge < -0.3 is 9.47 Å². The molecule has 12 rings (SSSR count). The summed E-state index contributed by atoms with van der Waals surface area (Å²) in [7, 11) is 0. The molecule has 0 radical (unpaired) electrons. The Morgan fingerprint density at radius 3 is 1.55 bits per heavy atom. The summed E-state index contributed by atoms with van der Waals surface area (Å²) >= 11 is 1.88. The third kappa shape index (κ3) is 7.23. The van der Waals surface area contributed by atoms with Crippen LogP contribution in [0.15, 0.2) is 218 Å². The molecule has 12 aromatic rings. The van der Waals surface area contributed by atoms with Crippen molar-refractivity contribution >= 4 is 81.1 Å². The Balaban J connectivity index is 1.16. The molecule has 0 spiro atoms. The molecule has 0 aliphatic carbocycles. The van der Waals surface area contributed by atoms with Gasteiger partial charge in [-0.05, 0) is 104 Å². The average Bonchev–Trinajstić information content (AvgIpc) is 3.93. The second kappa shape index (κ2) is 16.5. The molecular formula is C66H54N2S. The summed E-state index contributed by atoms with van der Waals surface area (Å²) in [6, 6.07) is 81.3. The van der Waals surface area contributed by atoms with Crippen LogP contribution >= 0.6 is 11.3 Å². The molecule has 0 amide bonds. The van der Waals surface area contributed by atoms with Gasteiger partial charge in [-0.15, -0.1) is 11.3 Å². The zero-order valence-electron chi connectivity index (χ0n) is 40.1. The SMILES string of the molecule is CC(C)(C)c1cc(-c2cccc3cccc(-c4ccccc4N(c4ccccc4-c4cccc5c4c4ccccc4n5-c4ccccc4)c4cccc5c4sc4ccccc45)c23)cc(C(C)(C)C)c1. The minimum atomic E-state index is -0.0156. The van der Waals surface area contributed by atoms with E-state index in [1.165, 1.54) is 97.3 Å². The molecule has 0 fully saturated rings. The highest BCUT2D eigenvalue weighted by molar-refractivity contribution is 7.26. The number of hydrogen-bond acceptors (Lipinski definition) is 2. The van der Waals surface area contributed by atoms with E-state index in [0.29, 0.717) is 0 Å². The Morgan fingerprint density at radius 1 is 0.377 bits per heavy atom. The van der Waals surface area contributed by atoms with Gasteiger partial charge in [0.25, 0.3) is 0 Å². The van der Waals surface area contributed by atoms with Gasteiger partial charge in [0.05, 0.1) is 32.8 Å². The van der Waals surface area contributed by atoms with Crippen molar-refractivity contribution in [2.75, 3.05) is 4.90 Å². The van der Waals surface area contributed by atoms with E-state index in [4.69, 9.17) is 0 Å². The first kappa shape index (κ1) is 42.6. The average molecular weight is 907 g/mol. The van der Waals surface area contributed by atoms with Gasteiger partial charge in [0, 0.05) is 43.1 Å². The molecule has 334 valence electrons. The highest BCUT2D eigenvalue weighted by Crippen LogP contribution is 2.52. The van der Waals surface area contributed by atoms with Gasteiger partial charge in [0.15, 0.2) is 0 Å². The molecule has 2 nitrogen and oxygen atoms in total. The Kier molecular flexibility index (Phi) is 10.2. The fraction of sp³-hybridized carbons (Fsp3) is 0.121. The van der Waals surface area contributed by atoms with Gasteiger partial charge in [-0.25, -0.2) is 0 Å². The van der Waals surface area contributed by atoms with Gasteiger partial charge in [0.1, 0.15) is 0 Å². The molecule has 10 aromatic carbocycles. The van der Waals surface area contributed by atoms with Gasteiger partial charge in [-0.1, -0.05) is 211 Å². The van der Waals surface area contributed by atoms with Crippen molar-refractivity contribution in [3.8, 4) is 39.1 Å². The first-order valence-electron chi connectivity index (χ1n) is 24.2. The van der Waals surface area contributed by atoms with Crippen LogP contribution < -0.4 is 4.90 Å². The third-order valence-electron chi connectivity index (χ3n) is 14.1. The largest absolute Gasteiger partial charge is 0.309 e. The molecule has 0 unspecified atom stereocenters. The molecule has 2 heterocycles. The molecule has 69 heavy (non-hydrogen) atoms. The maximum atomic E-state index is 2.57. The van der Waals surface area contributed by atoms with Crippen LogP contribution in [-0.4, -0.2) is 4.57 Å². The maximum Gasteiger partial charge on any atom is 0.0640 e. The number of para-hydroxylation sites is 4. The van der Waals surface area contributed by atoms with Gasteiger partial charge in [-0.3, -0.25) is 0 Å². The van der Waals surface area contributed by atoms with E-state index < -0.39 is 0 Å². The van der Waals surface area contributed by atoms with Crippen molar-refractivity contribution < 1.29 is 0 Å². The summed E-state index contributed by atoms with van der Waals surface area (Å²) in [4.78, 5) is 2.57. The van der Waals surface area contributed by atoms with Crippen LogP contribution in [0.3, 0.4) is 0 Å². The number of aromatic nitrogens is 1. The van der Waals surface area contributed by atoms with E-state index in [1.54, 1.807) is 0 Å². The summed E-state index contributed by atoms with van der Waals surface area (Å²) in [5.41, 5.74) is 16.8. The van der Waals surface area contributed by atoms with Crippen LogP contribution in [-0.2, 0) is 10.8 Å². The van der Waals surface area contributed by atoms with Crippen LogP contribution in [0.5, 0.6) is 0 Å². The molecule has 0 N–H and O–H groups in total. The Hall–Kier alpha value is -7.72. The van der Waals surface area contributed by atoms with E-state index in [0.717, 1.165) is 22.7 Å². The fourth-order valence-corrected chi connectivity index (χ4v) is 11.9. The first-order valence-corrected chi connectivity index (χ1v) is 25.0. The normalized spacial score (nSPS) is 12.2. The lowest BCUT2D eigenvalue weighted by Gasteiger charge is -2.31. The van der Waals surface area contributed by atoms with Gasteiger partial charge >= 0.3 is 0 Å². The second-order valence-corrected chi connectivity index (χ2v) is 21.6. The van der Waals surface area contributed by atoms with Crippen LogP contribution in [0.2, 0.25) is 0 Å². The maximum absolute atomic E-state index is 2.57. The molecule has 0 saturated heterocycles. The predicted octanol–water partition coefficient (Wildman–Crippen LogP) is 19.4. The van der Waals surface area contributed by atoms with E-state index >= 15 is 0 Å². The zero-order chi connectivity index (χ0) is 47.0. The Morgan fingerprint density at radius 2 is 0.870 bits per heavy atom. The fourth-order valence-electron chi connectivity index (χ4n) is 10.6. The third-order valence-corrected chi connectivity index (χ3v) is 15.3. The van der Waals surface area contributed by atoms with E-state index in [1.807, 2.05) is 11.3 Å². The highest BCUT2D eigenvalue weighted by atomic mass is 32.1. The minimum absolute atomic E-state index is 0.0156. The van der Waals surface area contributed by atoms with Crippen molar-refractivity contribution in [1.29, 1.82) is 0 Å². The summed E-state index contributed by atoms with van der Waals surface area (Å²) < 4.78 is 4.96. The number of rotatable bonds is 7. The minimum Gasteiger partial charge on any atom is -0.309 e. The molecule has 0 aliphatic heterocycles. The molecule has 0 bridgehead atoms. The van der Waals surface area contributed by atoms with Gasteiger partial charge in [-0.2, -0.15) is 0 Å². The topological polar surface area (TPSA) is 8.17 Å². The molecule has 0 saturated carbocycles. The summed E-state index contributed by atoms with van der Waals surface area (Å²) in [6.45, 7) is 14.0. The second-order valence-electron chi connectivity index (χ2n) is 20.5. The number of thiophene rings is 1. The highest BCUT2D eigenvalue weighted by Gasteiger charge is 2.27. The monoisotopic (exact) mass is 906 g/mol. The molecule has 0 aliphatic rings. The Labute approximate surface area is 409 Å². The lowest BCUT2D eigenvalue weighted by molar-refractivity contribution is 0.569. The molecule has 2 aromatic heterocycles. The van der Waals surface area contributed by atoms with E-state index in [2.05, 4.69) is 269 Å². The summed E-state index contributed by atoms with van der Waals surface area (Å²) in [6.07, 6.45) is 0. The quantitative estimate of drug-likeness (QED) is 0.155. The van der Waals surface area contributed by atoms with Crippen molar-refractivity contribution in [3.63, 3.8) is 0 Å². The van der Waals surface area contributed by atoms with Crippen molar-refractivity contribution in [1.82, 2.24) is 4.57 Å². The summed E-state index contributed by atoms with van der Waals surface area (Å²) in [5.74, 6) is 0. The zero-order valence-corrected chi connectivity index (χ0v) is 40.9. The molecule has 0 atom stereocenters. The van der Waals surface area contributed by atoms with Crippen molar-refractivity contribution in [3.05, 3.63) is 230 Å².